The molecule has 0 spiro atoms. The third-order valence-corrected chi connectivity index (χ3v) is 4.38. The highest BCUT2D eigenvalue weighted by Gasteiger charge is 2.10. The number of nitrogens with zero attached hydrogens (tertiary/aromatic N) is 3. The van der Waals surface area contributed by atoms with Crippen molar-refractivity contribution in [2.75, 3.05) is 28.6 Å². The van der Waals surface area contributed by atoms with E-state index in [4.69, 9.17) is 0 Å². The van der Waals surface area contributed by atoms with E-state index in [9.17, 15) is 9.18 Å². The van der Waals surface area contributed by atoms with Crippen molar-refractivity contribution in [2.24, 2.45) is 0 Å². The van der Waals surface area contributed by atoms with Gasteiger partial charge in [0.1, 0.15) is 23.7 Å². The Morgan fingerprint density at radius 3 is 2.34 bits per heavy atom. The van der Waals surface area contributed by atoms with E-state index in [0.29, 0.717) is 11.5 Å². The van der Waals surface area contributed by atoms with Crippen LogP contribution < -0.4 is 15.5 Å². The van der Waals surface area contributed by atoms with Gasteiger partial charge in [-0.25, -0.2) is 14.4 Å². The van der Waals surface area contributed by atoms with Crippen molar-refractivity contribution in [1.82, 2.24) is 9.97 Å². The van der Waals surface area contributed by atoms with Gasteiger partial charge in [0.25, 0.3) is 5.91 Å². The standard InChI is InChI=1S/C22H24FN5O/c1-3-13-28(4-2)19-11-9-17(10-12-19)26-21-14-20(24-15-25-21)22(29)27-18-7-5-16(23)6-8-18/h5-12,14-15H,3-4,13H2,1-2H3,(H,27,29)(H,24,25,26). The topological polar surface area (TPSA) is 70.2 Å². The summed E-state index contributed by atoms with van der Waals surface area (Å²) in [6.45, 7) is 6.28. The van der Waals surface area contributed by atoms with Crippen molar-refractivity contribution in [2.45, 2.75) is 20.3 Å². The fourth-order valence-electron chi connectivity index (χ4n) is 2.92. The second-order valence-corrected chi connectivity index (χ2v) is 6.50. The number of carbonyl (C=O) groups excluding carboxylic acids is 1. The van der Waals surface area contributed by atoms with Crippen molar-refractivity contribution < 1.29 is 9.18 Å². The summed E-state index contributed by atoms with van der Waals surface area (Å²) in [4.78, 5) is 22.9. The highest BCUT2D eigenvalue weighted by Crippen LogP contribution is 2.21. The third-order valence-electron chi connectivity index (χ3n) is 4.38. The molecule has 0 unspecified atom stereocenters. The summed E-state index contributed by atoms with van der Waals surface area (Å²) in [6, 6.07) is 15.2. The van der Waals surface area contributed by atoms with Crippen molar-refractivity contribution in [1.29, 1.82) is 0 Å². The van der Waals surface area contributed by atoms with E-state index >= 15 is 0 Å². The molecule has 0 atom stereocenters. The van der Waals surface area contributed by atoms with Crippen LogP contribution in [0.5, 0.6) is 0 Å². The van der Waals surface area contributed by atoms with Gasteiger partial charge in [-0.2, -0.15) is 0 Å². The summed E-state index contributed by atoms with van der Waals surface area (Å²) >= 11 is 0. The normalized spacial score (nSPS) is 10.4. The second-order valence-electron chi connectivity index (χ2n) is 6.50. The van der Waals surface area contributed by atoms with Gasteiger partial charge in [0.15, 0.2) is 0 Å². The van der Waals surface area contributed by atoms with E-state index in [0.717, 1.165) is 25.2 Å². The number of anilines is 4. The Morgan fingerprint density at radius 2 is 1.69 bits per heavy atom. The predicted octanol–water partition coefficient (Wildman–Crippen LogP) is 4.85. The minimum absolute atomic E-state index is 0.212. The van der Waals surface area contributed by atoms with Crippen molar-refractivity contribution in [3.8, 4) is 0 Å². The Kier molecular flexibility index (Phi) is 6.73. The molecule has 0 aliphatic carbocycles. The maximum absolute atomic E-state index is 13.0. The number of hydrogen-bond donors (Lipinski definition) is 2. The SMILES string of the molecule is CCCN(CC)c1ccc(Nc2cc(C(=O)Nc3ccc(F)cc3)ncn2)cc1. The molecule has 3 aromatic rings. The lowest BCUT2D eigenvalue weighted by Crippen LogP contribution is -2.23. The van der Waals surface area contributed by atoms with Crippen molar-refractivity contribution in [3.05, 3.63) is 72.4 Å². The Bertz CT molecular complexity index is 944. The quantitative estimate of drug-likeness (QED) is 0.573. The van der Waals surface area contributed by atoms with Crippen molar-refractivity contribution in [3.63, 3.8) is 0 Å². The van der Waals surface area contributed by atoms with Gasteiger partial charge >= 0.3 is 0 Å². The maximum atomic E-state index is 13.0. The summed E-state index contributed by atoms with van der Waals surface area (Å²) in [7, 11) is 0. The van der Waals surface area contributed by atoms with Crippen LogP contribution in [0, 0.1) is 5.82 Å². The van der Waals surface area contributed by atoms with Gasteiger partial charge in [0.2, 0.25) is 0 Å². The van der Waals surface area contributed by atoms with Gasteiger partial charge in [-0.3, -0.25) is 4.79 Å². The molecule has 0 aliphatic rings. The molecule has 2 aromatic carbocycles. The molecule has 0 saturated heterocycles. The lowest BCUT2D eigenvalue weighted by Gasteiger charge is -2.22. The number of carbonyl (C=O) groups is 1. The molecule has 0 aliphatic heterocycles. The molecule has 2 N–H and O–H groups in total. The van der Waals surface area contributed by atoms with E-state index in [1.165, 1.54) is 36.3 Å². The monoisotopic (exact) mass is 393 g/mol. The molecule has 0 bridgehead atoms. The van der Waals surface area contributed by atoms with Crippen LogP contribution in [0.25, 0.3) is 0 Å². The molecule has 7 heteroatoms. The van der Waals surface area contributed by atoms with Gasteiger partial charge in [0.05, 0.1) is 0 Å². The Morgan fingerprint density at radius 1 is 1.00 bits per heavy atom. The first-order valence-electron chi connectivity index (χ1n) is 9.60. The zero-order chi connectivity index (χ0) is 20.6. The summed E-state index contributed by atoms with van der Waals surface area (Å²) in [6.07, 6.45) is 2.42. The molecule has 6 nitrogen and oxygen atoms in total. The number of benzene rings is 2. The number of hydrogen-bond acceptors (Lipinski definition) is 5. The molecular formula is C22H24FN5O. The van der Waals surface area contributed by atoms with Crippen LogP contribution >= 0.6 is 0 Å². The number of rotatable bonds is 8. The van der Waals surface area contributed by atoms with Crippen molar-refractivity contribution >= 4 is 28.8 Å². The van der Waals surface area contributed by atoms with Gasteiger partial charge in [-0.15, -0.1) is 0 Å². The average molecular weight is 393 g/mol. The first kappa shape index (κ1) is 20.3. The molecule has 29 heavy (non-hydrogen) atoms. The van der Waals surface area contributed by atoms with Crippen LogP contribution in [0.1, 0.15) is 30.8 Å². The third kappa shape index (κ3) is 5.51. The molecule has 3 rings (SSSR count). The Hall–Kier alpha value is -3.48. The maximum Gasteiger partial charge on any atom is 0.274 e. The molecule has 0 saturated carbocycles. The average Bonchev–Trinajstić information content (AvgIpc) is 2.74. The van der Waals surface area contributed by atoms with E-state index in [2.05, 4.69) is 51.5 Å². The number of nitrogens with one attached hydrogen (secondary N) is 2. The minimum Gasteiger partial charge on any atom is -0.372 e. The fraction of sp³-hybridized carbons (Fsp3) is 0.227. The number of amides is 1. The highest BCUT2D eigenvalue weighted by molar-refractivity contribution is 6.03. The van der Waals surface area contributed by atoms with Gasteiger partial charge < -0.3 is 15.5 Å². The molecule has 1 heterocycles. The van der Waals surface area contributed by atoms with Crippen LogP contribution in [0.2, 0.25) is 0 Å². The van der Waals surface area contributed by atoms with Gasteiger partial charge in [-0.1, -0.05) is 6.92 Å². The zero-order valence-corrected chi connectivity index (χ0v) is 16.5. The molecule has 1 amide bonds. The summed E-state index contributed by atoms with van der Waals surface area (Å²) in [5.74, 6) is -0.243. The molecule has 0 fully saturated rings. The Labute approximate surface area is 169 Å². The summed E-state index contributed by atoms with van der Waals surface area (Å²) < 4.78 is 13.0. The summed E-state index contributed by atoms with van der Waals surface area (Å²) in [5.41, 5.74) is 2.74. The first-order chi connectivity index (χ1) is 14.1. The second kappa shape index (κ2) is 9.64. The van der Waals surface area contributed by atoms with E-state index < -0.39 is 5.91 Å². The largest absolute Gasteiger partial charge is 0.372 e. The Balaban J connectivity index is 1.67. The predicted molar refractivity (Wildman–Crippen MR) is 114 cm³/mol. The first-order valence-corrected chi connectivity index (χ1v) is 9.60. The van der Waals surface area contributed by atoms with E-state index in [1.54, 1.807) is 6.07 Å². The highest BCUT2D eigenvalue weighted by atomic mass is 19.1. The van der Waals surface area contributed by atoms with Gasteiger partial charge in [0, 0.05) is 36.2 Å². The van der Waals surface area contributed by atoms with Gasteiger partial charge in [-0.05, 0) is 61.9 Å². The lowest BCUT2D eigenvalue weighted by atomic mass is 10.2. The van der Waals surface area contributed by atoms with E-state index in [-0.39, 0.29) is 11.5 Å². The smallest absolute Gasteiger partial charge is 0.274 e. The van der Waals surface area contributed by atoms with E-state index in [1.807, 2.05) is 12.1 Å². The van der Waals surface area contributed by atoms with Crippen LogP contribution in [0.4, 0.5) is 27.3 Å². The fourth-order valence-corrected chi connectivity index (χ4v) is 2.92. The summed E-state index contributed by atoms with van der Waals surface area (Å²) in [5, 5.41) is 5.87. The molecular weight excluding hydrogens is 369 g/mol. The van der Waals surface area contributed by atoms with Crippen LogP contribution in [-0.2, 0) is 0 Å². The molecule has 1 aromatic heterocycles. The molecule has 0 radical (unpaired) electrons. The lowest BCUT2D eigenvalue weighted by molar-refractivity contribution is 0.102. The van der Waals surface area contributed by atoms with Crippen LogP contribution in [-0.4, -0.2) is 29.0 Å². The number of halogens is 1. The van der Waals surface area contributed by atoms with Crippen LogP contribution in [0.15, 0.2) is 60.9 Å². The van der Waals surface area contributed by atoms with Crippen LogP contribution in [0.3, 0.4) is 0 Å². The molecule has 150 valence electrons. The number of aromatic nitrogens is 2. The minimum atomic E-state index is -0.393. The zero-order valence-electron chi connectivity index (χ0n) is 16.5.